The third-order valence-corrected chi connectivity index (χ3v) is 4.94. The molecule has 22 heavy (non-hydrogen) atoms. The maximum atomic E-state index is 12.2. The first-order chi connectivity index (χ1) is 10.2. The van der Waals surface area contributed by atoms with Crippen molar-refractivity contribution in [2.45, 2.75) is 37.3 Å². The Labute approximate surface area is 129 Å². The molecule has 2 amide bonds. The van der Waals surface area contributed by atoms with Gasteiger partial charge in [-0.1, -0.05) is 17.7 Å². The average Bonchev–Trinajstić information content (AvgIpc) is 2.82. The van der Waals surface area contributed by atoms with E-state index in [1.165, 1.54) is 24.0 Å². The average molecular weight is 326 g/mol. The minimum atomic E-state index is -3.95. The molecule has 8 heteroatoms. The van der Waals surface area contributed by atoms with Crippen LogP contribution in [0.15, 0.2) is 29.2 Å². The predicted octanol–water partition coefficient (Wildman–Crippen LogP) is 0.175. The summed E-state index contributed by atoms with van der Waals surface area (Å²) in [7, 11) is -3.95. The summed E-state index contributed by atoms with van der Waals surface area (Å²) in [6.45, 7) is 3.16. The fourth-order valence-electron chi connectivity index (χ4n) is 2.42. The van der Waals surface area contributed by atoms with Crippen molar-refractivity contribution < 1.29 is 22.2 Å². The van der Waals surface area contributed by atoms with Crippen molar-refractivity contribution in [2.75, 3.05) is 6.54 Å². The molecular formula is C14H18N2O5S. The van der Waals surface area contributed by atoms with Crippen LogP contribution in [-0.2, 0) is 23.9 Å². The molecule has 1 aromatic carbocycles. The number of carbonyl (C=O) groups is 2. The predicted molar refractivity (Wildman–Crippen MR) is 78.2 cm³/mol. The van der Waals surface area contributed by atoms with Crippen molar-refractivity contribution in [3.8, 4) is 0 Å². The normalized spacial score (nSPS) is 21.8. The summed E-state index contributed by atoms with van der Waals surface area (Å²) in [5.41, 5.74) is 6.17. The van der Waals surface area contributed by atoms with Crippen LogP contribution in [0.3, 0.4) is 0 Å². The Kier molecular flexibility index (Phi) is 4.52. The summed E-state index contributed by atoms with van der Waals surface area (Å²) >= 11 is 0. The molecule has 2 atom stereocenters. The fraction of sp³-hybridized carbons (Fsp3) is 0.429. The van der Waals surface area contributed by atoms with Gasteiger partial charge in [-0.15, -0.1) is 0 Å². The number of nitrogens with zero attached hydrogens (tertiary/aromatic N) is 1. The highest BCUT2D eigenvalue weighted by atomic mass is 32.2. The highest BCUT2D eigenvalue weighted by Crippen LogP contribution is 2.24. The molecule has 0 aromatic heterocycles. The number of rotatable bonds is 4. The minimum Gasteiger partial charge on any atom is -0.368 e. The molecule has 0 bridgehead atoms. The Morgan fingerprint density at radius 3 is 2.32 bits per heavy atom. The van der Waals surface area contributed by atoms with Crippen LogP contribution in [0.5, 0.6) is 0 Å². The molecule has 1 saturated heterocycles. The Morgan fingerprint density at radius 2 is 1.86 bits per heavy atom. The SMILES string of the molecule is CC(=O)N1CC(OS(=O)(=O)c2ccc(C)cc2)C[C@H]1C(N)=O. The van der Waals surface area contributed by atoms with Gasteiger partial charge in [-0.3, -0.25) is 13.8 Å². The number of likely N-dealkylation sites (tertiary alicyclic amines) is 1. The monoisotopic (exact) mass is 326 g/mol. The number of aryl methyl sites for hydroxylation is 1. The molecule has 0 spiro atoms. The molecule has 120 valence electrons. The van der Waals surface area contributed by atoms with Crippen molar-refractivity contribution >= 4 is 21.9 Å². The highest BCUT2D eigenvalue weighted by molar-refractivity contribution is 7.86. The van der Waals surface area contributed by atoms with E-state index in [2.05, 4.69) is 0 Å². The first-order valence-corrected chi connectivity index (χ1v) is 8.18. The van der Waals surface area contributed by atoms with Gasteiger partial charge in [0.25, 0.3) is 10.1 Å². The second-order valence-electron chi connectivity index (χ2n) is 5.31. The lowest BCUT2D eigenvalue weighted by Crippen LogP contribution is -2.42. The van der Waals surface area contributed by atoms with E-state index < -0.39 is 28.2 Å². The summed E-state index contributed by atoms with van der Waals surface area (Å²) in [6.07, 6.45) is -0.715. The molecule has 1 fully saturated rings. The number of primary amides is 1. The number of carbonyl (C=O) groups excluding carboxylic acids is 2. The van der Waals surface area contributed by atoms with E-state index in [1.54, 1.807) is 12.1 Å². The third-order valence-electron chi connectivity index (χ3n) is 3.57. The maximum absolute atomic E-state index is 12.2. The molecule has 1 aliphatic heterocycles. The van der Waals surface area contributed by atoms with Gasteiger partial charge in [0.05, 0.1) is 11.0 Å². The van der Waals surface area contributed by atoms with Crippen LogP contribution >= 0.6 is 0 Å². The van der Waals surface area contributed by atoms with Gasteiger partial charge in [0.2, 0.25) is 11.8 Å². The number of benzene rings is 1. The molecule has 0 radical (unpaired) electrons. The van der Waals surface area contributed by atoms with Crippen LogP contribution in [0.4, 0.5) is 0 Å². The molecule has 1 heterocycles. The van der Waals surface area contributed by atoms with Crippen LogP contribution in [0.25, 0.3) is 0 Å². The Hall–Kier alpha value is -1.93. The van der Waals surface area contributed by atoms with E-state index in [9.17, 15) is 18.0 Å². The zero-order valence-electron chi connectivity index (χ0n) is 12.4. The Bertz CT molecular complexity index is 662. The summed E-state index contributed by atoms with van der Waals surface area (Å²) in [5, 5.41) is 0. The topological polar surface area (TPSA) is 107 Å². The second-order valence-corrected chi connectivity index (χ2v) is 6.88. The van der Waals surface area contributed by atoms with E-state index in [0.717, 1.165) is 5.56 Å². The van der Waals surface area contributed by atoms with Crippen molar-refractivity contribution in [2.24, 2.45) is 5.73 Å². The summed E-state index contributed by atoms with van der Waals surface area (Å²) in [6, 6.07) is 5.40. The summed E-state index contributed by atoms with van der Waals surface area (Å²) < 4.78 is 29.6. The summed E-state index contributed by atoms with van der Waals surface area (Å²) in [4.78, 5) is 24.1. The van der Waals surface area contributed by atoms with Crippen molar-refractivity contribution in [3.05, 3.63) is 29.8 Å². The molecule has 7 nitrogen and oxygen atoms in total. The Morgan fingerprint density at radius 1 is 1.27 bits per heavy atom. The quantitative estimate of drug-likeness (QED) is 0.794. The van der Waals surface area contributed by atoms with Gasteiger partial charge in [-0.25, -0.2) is 0 Å². The van der Waals surface area contributed by atoms with Gasteiger partial charge in [0.15, 0.2) is 0 Å². The van der Waals surface area contributed by atoms with Crippen LogP contribution < -0.4 is 5.73 Å². The Balaban J connectivity index is 2.15. The number of hydrogen-bond acceptors (Lipinski definition) is 5. The molecule has 0 saturated carbocycles. The number of amides is 2. The number of hydrogen-bond donors (Lipinski definition) is 1. The standard InChI is InChI=1S/C14H18N2O5S/c1-9-3-5-12(6-4-9)22(19,20)21-11-7-13(14(15)18)16(8-11)10(2)17/h3-6,11,13H,7-8H2,1-2H3,(H2,15,18)/t11?,13-/m0/s1. The van der Waals surface area contributed by atoms with Crippen molar-refractivity contribution in [3.63, 3.8) is 0 Å². The van der Waals surface area contributed by atoms with Gasteiger partial charge < -0.3 is 10.6 Å². The lowest BCUT2D eigenvalue weighted by Gasteiger charge is -2.19. The van der Waals surface area contributed by atoms with Crippen molar-refractivity contribution in [1.82, 2.24) is 4.90 Å². The van der Waals surface area contributed by atoms with E-state index >= 15 is 0 Å². The molecule has 0 aliphatic carbocycles. The highest BCUT2D eigenvalue weighted by Gasteiger charge is 2.40. The smallest absolute Gasteiger partial charge is 0.297 e. The summed E-state index contributed by atoms with van der Waals surface area (Å²) in [5.74, 6) is -1.02. The number of nitrogens with two attached hydrogens (primary N) is 1. The molecule has 1 unspecified atom stereocenters. The van der Waals surface area contributed by atoms with Crippen LogP contribution in [0, 0.1) is 6.92 Å². The zero-order valence-corrected chi connectivity index (χ0v) is 13.2. The molecule has 2 rings (SSSR count). The maximum Gasteiger partial charge on any atom is 0.297 e. The molecule has 1 aliphatic rings. The lowest BCUT2D eigenvalue weighted by molar-refractivity contribution is -0.135. The van der Waals surface area contributed by atoms with Gasteiger partial charge in [0, 0.05) is 19.9 Å². The van der Waals surface area contributed by atoms with E-state index in [0.29, 0.717) is 0 Å². The van der Waals surface area contributed by atoms with E-state index in [-0.39, 0.29) is 23.8 Å². The largest absolute Gasteiger partial charge is 0.368 e. The molecule has 1 aromatic rings. The molecule has 2 N–H and O–H groups in total. The lowest BCUT2D eigenvalue weighted by atomic mass is 10.2. The van der Waals surface area contributed by atoms with Crippen LogP contribution in [-0.4, -0.2) is 43.8 Å². The van der Waals surface area contributed by atoms with Crippen LogP contribution in [0.1, 0.15) is 18.9 Å². The van der Waals surface area contributed by atoms with E-state index in [1.807, 2.05) is 6.92 Å². The van der Waals surface area contributed by atoms with Gasteiger partial charge >= 0.3 is 0 Å². The van der Waals surface area contributed by atoms with Gasteiger partial charge in [0.1, 0.15) is 6.04 Å². The minimum absolute atomic E-state index is 0.0219. The zero-order chi connectivity index (χ0) is 16.5. The van der Waals surface area contributed by atoms with Crippen LogP contribution in [0.2, 0.25) is 0 Å². The van der Waals surface area contributed by atoms with Gasteiger partial charge in [-0.05, 0) is 19.1 Å². The van der Waals surface area contributed by atoms with E-state index in [4.69, 9.17) is 9.92 Å². The van der Waals surface area contributed by atoms with Crippen molar-refractivity contribution in [1.29, 1.82) is 0 Å². The first-order valence-electron chi connectivity index (χ1n) is 6.77. The van der Waals surface area contributed by atoms with Gasteiger partial charge in [-0.2, -0.15) is 8.42 Å². The first kappa shape index (κ1) is 16.4. The molecular weight excluding hydrogens is 308 g/mol. The third kappa shape index (κ3) is 3.45. The second kappa shape index (κ2) is 6.05. The fourth-order valence-corrected chi connectivity index (χ4v) is 3.50.